The Morgan fingerprint density at radius 3 is 2.43 bits per heavy atom. The van der Waals surface area contributed by atoms with Crippen LogP contribution in [0.5, 0.6) is 0 Å². The number of nitrogens with two attached hydrogens (primary N) is 1. The second kappa shape index (κ2) is 7.46. The van der Waals surface area contributed by atoms with Crippen LogP contribution in [0, 0.1) is 0 Å². The molecule has 0 spiro atoms. The minimum Gasteiger partial charge on any atom is -0.333 e. The van der Waals surface area contributed by atoms with Gasteiger partial charge in [-0.25, -0.2) is 0 Å². The summed E-state index contributed by atoms with van der Waals surface area (Å²) >= 11 is 12.1. The van der Waals surface area contributed by atoms with Crippen LogP contribution >= 0.6 is 23.2 Å². The van der Waals surface area contributed by atoms with Crippen molar-refractivity contribution in [1.29, 1.82) is 0 Å². The molecule has 2 aromatic rings. The van der Waals surface area contributed by atoms with Crippen molar-refractivity contribution in [3.05, 3.63) is 69.7 Å². The molecule has 0 aliphatic heterocycles. The summed E-state index contributed by atoms with van der Waals surface area (Å²) in [5.74, 6) is -0.170. The van der Waals surface area contributed by atoms with E-state index in [0.29, 0.717) is 30.2 Å². The Morgan fingerprint density at radius 2 is 1.76 bits per heavy atom. The number of hydrogen-bond acceptors (Lipinski definition) is 2. The van der Waals surface area contributed by atoms with Crippen LogP contribution in [0.15, 0.2) is 48.5 Å². The fraction of sp³-hybridized carbons (Fsp3) is 0.188. The molecule has 0 heterocycles. The highest BCUT2D eigenvalue weighted by Crippen LogP contribution is 2.26. The number of nitrogens with zero attached hydrogens (tertiary/aromatic N) is 1. The second-order valence-corrected chi connectivity index (χ2v) is 5.39. The first-order chi connectivity index (χ1) is 10.1. The third-order valence-corrected chi connectivity index (χ3v) is 3.90. The molecule has 0 bridgehead atoms. The molecule has 2 rings (SSSR count). The molecule has 0 aliphatic rings. The van der Waals surface area contributed by atoms with E-state index < -0.39 is 0 Å². The highest BCUT2D eigenvalue weighted by molar-refractivity contribution is 6.43. The smallest absolute Gasteiger partial charge is 0.255 e. The van der Waals surface area contributed by atoms with Gasteiger partial charge < -0.3 is 10.6 Å². The summed E-state index contributed by atoms with van der Waals surface area (Å²) < 4.78 is 0. The summed E-state index contributed by atoms with van der Waals surface area (Å²) in [5.41, 5.74) is 7.05. The van der Waals surface area contributed by atoms with Crippen LogP contribution in [-0.4, -0.2) is 23.9 Å². The number of rotatable bonds is 5. The predicted molar refractivity (Wildman–Crippen MR) is 86.7 cm³/mol. The monoisotopic (exact) mass is 322 g/mol. The number of carbonyl (C=O) groups is 1. The van der Waals surface area contributed by atoms with E-state index >= 15 is 0 Å². The van der Waals surface area contributed by atoms with Crippen LogP contribution in [0.4, 0.5) is 0 Å². The largest absolute Gasteiger partial charge is 0.333 e. The molecule has 0 aliphatic carbocycles. The Morgan fingerprint density at radius 1 is 1.05 bits per heavy atom. The van der Waals surface area contributed by atoms with E-state index in [1.807, 2.05) is 30.3 Å². The van der Waals surface area contributed by atoms with Crippen LogP contribution in [0.25, 0.3) is 0 Å². The highest BCUT2D eigenvalue weighted by Gasteiger charge is 2.19. The van der Waals surface area contributed by atoms with Crippen LogP contribution < -0.4 is 5.73 Å². The molecule has 0 unspecified atom stereocenters. The van der Waals surface area contributed by atoms with Crippen LogP contribution in [0.1, 0.15) is 15.9 Å². The zero-order chi connectivity index (χ0) is 15.2. The van der Waals surface area contributed by atoms with Gasteiger partial charge in [0.1, 0.15) is 0 Å². The topological polar surface area (TPSA) is 46.3 Å². The van der Waals surface area contributed by atoms with Crippen molar-refractivity contribution < 1.29 is 4.79 Å². The summed E-state index contributed by atoms with van der Waals surface area (Å²) in [6.07, 6.45) is 0. The van der Waals surface area contributed by atoms with Gasteiger partial charge in [-0.3, -0.25) is 4.79 Å². The van der Waals surface area contributed by atoms with Crippen molar-refractivity contribution in [2.45, 2.75) is 6.54 Å². The Hall–Kier alpha value is -1.55. The molecule has 21 heavy (non-hydrogen) atoms. The van der Waals surface area contributed by atoms with Gasteiger partial charge in [0.05, 0.1) is 15.6 Å². The van der Waals surface area contributed by atoms with Gasteiger partial charge in [0.15, 0.2) is 0 Å². The zero-order valence-corrected chi connectivity index (χ0v) is 12.9. The Labute approximate surface area is 134 Å². The SMILES string of the molecule is NCCN(Cc1ccccc1)C(=O)c1cccc(Cl)c1Cl. The summed E-state index contributed by atoms with van der Waals surface area (Å²) in [7, 11) is 0. The third kappa shape index (κ3) is 3.97. The van der Waals surface area contributed by atoms with Crippen molar-refractivity contribution in [1.82, 2.24) is 4.90 Å². The first kappa shape index (κ1) is 15.8. The molecule has 110 valence electrons. The van der Waals surface area contributed by atoms with Crippen molar-refractivity contribution in [2.24, 2.45) is 5.73 Å². The number of hydrogen-bond donors (Lipinski definition) is 1. The fourth-order valence-corrected chi connectivity index (χ4v) is 2.43. The fourth-order valence-electron chi connectivity index (χ4n) is 2.05. The molecule has 0 atom stereocenters. The number of amides is 1. The van der Waals surface area contributed by atoms with Gasteiger partial charge in [-0.1, -0.05) is 59.6 Å². The Bertz CT molecular complexity index is 617. The number of carbonyl (C=O) groups excluding carboxylic acids is 1. The van der Waals surface area contributed by atoms with Crippen molar-refractivity contribution in [2.75, 3.05) is 13.1 Å². The van der Waals surface area contributed by atoms with E-state index in [1.165, 1.54) is 0 Å². The normalized spacial score (nSPS) is 10.4. The minimum absolute atomic E-state index is 0.170. The van der Waals surface area contributed by atoms with E-state index in [0.717, 1.165) is 5.56 Å². The Balaban J connectivity index is 2.25. The van der Waals surface area contributed by atoms with E-state index in [-0.39, 0.29) is 10.9 Å². The average molecular weight is 323 g/mol. The van der Waals surface area contributed by atoms with Crippen LogP contribution in [0.3, 0.4) is 0 Å². The number of benzene rings is 2. The summed E-state index contributed by atoms with van der Waals surface area (Å²) in [6.45, 7) is 1.33. The van der Waals surface area contributed by atoms with Crippen molar-refractivity contribution in [3.8, 4) is 0 Å². The highest BCUT2D eigenvalue weighted by atomic mass is 35.5. The standard InChI is InChI=1S/C16H16Cl2N2O/c17-14-8-4-7-13(15(14)18)16(21)20(10-9-19)11-12-5-2-1-3-6-12/h1-8H,9-11,19H2. The lowest BCUT2D eigenvalue weighted by molar-refractivity contribution is 0.0748. The lowest BCUT2D eigenvalue weighted by Gasteiger charge is -2.23. The first-order valence-corrected chi connectivity index (χ1v) is 7.36. The van der Waals surface area contributed by atoms with Gasteiger partial charge in [-0.15, -0.1) is 0 Å². The lowest BCUT2D eigenvalue weighted by atomic mass is 10.1. The van der Waals surface area contributed by atoms with E-state index in [2.05, 4.69) is 0 Å². The summed E-state index contributed by atoms with van der Waals surface area (Å²) in [4.78, 5) is 14.3. The third-order valence-electron chi connectivity index (χ3n) is 3.08. The van der Waals surface area contributed by atoms with Gasteiger partial charge in [0.25, 0.3) is 5.91 Å². The molecular weight excluding hydrogens is 307 g/mol. The Kier molecular flexibility index (Phi) is 5.62. The van der Waals surface area contributed by atoms with Crippen molar-refractivity contribution >= 4 is 29.1 Å². The molecule has 2 aromatic carbocycles. The maximum atomic E-state index is 12.6. The maximum absolute atomic E-state index is 12.6. The zero-order valence-electron chi connectivity index (χ0n) is 11.4. The molecular formula is C16H16Cl2N2O. The second-order valence-electron chi connectivity index (χ2n) is 4.60. The summed E-state index contributed by atoms with van der Waals surface area (Å²) in [6, 6.07) is 14.8. The molecule has 0 saturated carbocycles. The molecule has 0 aromatic heterocycles. The lowest BCUT2D eigenvalue weighted by Crippen LogP contribution is -2.35. The van der Waals surface area contributed by atoms with Crippen LogP contribution in [0.2, 0.25) is 10.0 Å². The molecule has 3 nitrogen and oxygen atoms in total. The molecule has 0 fully saturated rings. The van der Waals surface area contributed by atoms with E-state index in [4.69, 9.17) is 28.9 Å². The van der Waals surface area contributed by atoms with Gasteiger partial charge in [-0.05, 0) is 17.7 Å². The molecule has 5 heteroatoms. The number of halogens is 2. The summed E-state index contributed by atoms with van der Waals surface area (Å²) in [5, 5.41) is 0.647. The van der Waals surface area contributed by atoms with Crippen LogP contribution in [-0.2, 0) is 6.54 Å². The first-order valence-electron chi connectivity index (χ1n) is 6.60. The molecule has 0 radical (unpaired) electrons. The van der Waals surface area contributed by atoms with E-state index in [9.17, 15) is 4.79 Å². The van der Waals surface area contributed by atoms with Gasteiger partial charge >= 0.3 is 0 Å². The van der Waals surface area contributed by atoms with Gasteiger partial charge in [0, 0.05) is 19.6 Å². The molecule has 1 amide bonds. The quantitative estimate of drug-likeness (QED) is 0.914. The van der Waals surface area contributed by atoms with Gasteiger partial charge in [0.2, 0.25) is 0 Å². The molecule has 2 N–H and O–H groups in total. The van der Waals surface area contributed by atoms with E-state index in [1.54, 1.807) is 23.1 Å². The van der Waals surface area contributed by atoms with Crippen molar-refractivity contribution in [3.63, 3.8) is 0 Å². The molecule has 0 saturated heterocycles. The maximum Gasteiger partial charge on any atom is 0.255 e. The van der Waals surface area contributed by atoms with Gasteiger partial charge in [-0.2, -0.15) is 0 Å². The minimum atomic E-state index is -0.170. The average Bonchev–Trinajstić information content (AvgIpc) is 2.50. The predicted octanol–water partition coefficient (Wildman–Crippen LogP) is 3.59.